The first kappa shape index (κ1) is 14.0. The highest BCUT2D eigenvalue weighted by Crippen LogP contribution is 2.34. The highest BCUT2D eigenvalue weighted by atomic mass is 19.4. The van der Waals surface area contributed by atoms with Crippen LogP contribution in [0.1, 0.15) is 15.9 Å². The van der Waals surface area contributed by atoms with Gasteiger partial charge in [-0.25, -0.2) is 4.39 Å². The van der Waals surface area contributed by atoms with Gasteiger partial charge in [-0.3, -0.25) is 9.78 Å². The number of primary amides is 1. The lowest BCUT2D eigenvalue weighted by Gasteiger charge is -2.12. The molecule has 0 atom stereocenters. The number of hydrogen-bond donors (Lipinski definition) is 1. The summed E-state index contributed by atoms with van der Waals surface area (Å²) in [6, 6.07) is 4.01. The van der Waals surface area contributed by atoms with E-state index in [2.05, 4.69) is 4.98 Å². The smallest absolute Gasteiger partial charge is 0.366 e. The van der Waals surface area contributed by atoms with E-state index < -0.39 is 29.0 Å². The van der Waals surface area contributed by atoms with Gasteiger partial charge in [0.1, 0.15) is 5.82 Å². The third-order valence-electron chi connectivity index (χ3n) is 2.63. The van der Waals surface area contributed by atoms with Crippen molar-refractivity contribution in [1.29, 1.82) is 0 Å². The van der Waals surface area contributed by atoms with E-state index in [4.69, 9.17) is 5.73 Å². The average Bonchev–Trinajstić information content (AvgIpc) is 2.37. The van der Waals surface area contributed by atoms with Gasteiger partial charge in [-0.1, -0.05) is 6.07 Å². The van der Waals surface area contributed by atoms with E-state index in [1.54, 1.807) is 0 Å². The molecular formula is C13H8F4N2O. The minimum atomic E-state index is -4.73. The minimum absolute atomic E-state index is 0.0920. The second-order valence-electron chi connectivity index (χ2n) is 4.01. The molecule has 1 heterocycles. The Balaban J connectivity index is 2.61. The molecule has 0 aliphatic carbocycles. The van der Waals surface area contributed by atoms with Gasteiger partial charge in [0.2, 0.25) is 5.91 Å². The Morgan fingerprint density at radius 3 is 2.35 bits per heavy atom. The van der Waals surface area contributed by atoms with Gasteiger partial charge in [0, 0.05) is 11.8 Å². The van der Waals surface area contributed by atoms with Gasteiger partial charge in [0.25, 0.3) is 0 Å². The third-order valence-corrected chi connectivity index (χ3v) is 2.63. The van der Waals surface area contributed by atoms with Crippen molar-refractivity contribution in [3.05, 3.63) is 53.6 Å². The standard InChI is InChI=1S/C13H8F4N2O/c14-9-3-8(5-19-6-9)7-1-2-10(12(18)20)11(4-7)13(15,16)17/h1-6H,(H2,18,20). The van der Waals surface area contributed by atoms with Crippen LogP contribution in [-0.2, 0) is 6.18 Å². The normalized spacial score (nSPS) is 11.4. The fourth-order valence-corrected chi connectivity index (χ4v) is 1.74. The number of benzene rings is 1. The molecule has 0 saturated heterocycles. The second kappa shape index (κ2) is 4.92. The Kier molecular flexibility index (Phi) is 3.44. The number of aromatic nitrogens is 1. The van der Waals surface area contributed by atoms with Crippen LogP contribution in [0, 0.1) is 5.82 Å². The van der Waals surface area contributed by atoms with E-state index in [1.807, 2.05) is 0 Å². The van der Waals surface area contributed by atoms with Crippen molar-refractivity contribution in [2.24, 2.45) is 5.73 Å². The molecule has 2 aromatic rings. The van der Waals surface area contributed by atoms with Gasteiger partial charge in [-0.2, -0.15) is 13.2 Å². The molecule has 0 aliphatic rings. The van der Waals surface area contributed by atoms with Crippen molar-refractivity contribution in [2.45, 2.75) is 6.18 Å². The van der Waals surface area contributed by atoms with Crippen molar-refractivity contribution in [3.8, 4) is 11.1 Å². The van der Waals surface area contributed by atoms with Gasteiger partial charge in [0.05, 0.1) is 17.3 Å². The Hall–Kier alpha value is -2.44. The summed E-state index contributed by atoms with van der Waals surface area (Å²) in [7, 11) is 0. The Morgan fingerprint density at radius 1 is 1.10 bits per heavy atom. The van der Waals surface area contributed by atoms with E-state index in [0.29, 0.717) is 0 Å². The number of carbonyl (C=O) groups is 1. The molecule has 0 aliphatic heterocycles. The molecule has 1 aromatic carbocycles. The van der Waals surface area contributed by atoms with Gasteiger partial charge in [0.15, 0.2) is 0 Å². The largest absolute Gasteiger partial charge is 0.417 e. The molecule has 104 valence electrons. The van der Waals surface area contributed by atoms with Crippen LogP contribution in [0.25, 0.3) is 11.1 Å². The van der Waals surface area contributed by atoms with Gasteiger partial charge in [-0.05, 0) is 23.8 Å². The Labute approximate surface area is 111 Å². The van der Waals surface area contributed by atoms with E-state index >= 15 is 0 Å². The van der Waals surface area contributed by atoms with Crippen molar-refractivity contribution < 1.29 is 22.4 Å². The SMILES string of the molecule is NC(=O)c1ccc(-c2cncc(F)c2)cc1C(F)(F)F. The average molecular weight is 284 g/mol. The lowest BCUT2D eigenvalue weighted by atomic mass is 9.99. The first-order chi connectivity index (χ1) is 9.29. The summed E-state index contributed by atoms with van der Waals surface area (Å²) in [4.78, 5) is 14.6. The number of carbonyl (C=O) groups excluding carboxylic acids is 1. The predicted octanol–water partition coefficient (Wildman–Crippen LogP) is 3.01. The van der Waals surface area contributed by atoms with Crippen molar-refractivity contribution in [2.75, 3.05) is 0 Å². The van der Waals surface area contributed by atoms with Crippen LogP contribution in [0.5, 0.6) is 0 Å². The molecule has 3 nitrogen and oxygen atoms in total. The monoisotopic (exact) mass is 284 g/mol. The quantitative estimate of drug-likeness (QED) is 0.862. The van der Waals surface area contributed by atoms with Gasteiger partial charge in [-0.15, -0.1) is 0 Å². The maximum Gasteiger partial charge on any atom is 0.417 e. The molecule has 0 radical (unpaired) electrons. The van der Waals surface area contributed by atoms with E-state index in [-0.39, 0.29) is 11.1 Å². The molecule has 2 rings (SSSR count). The van der Waals surface area contributed by atoms with Gasteiger partial charge >= 0.3 is 6.18 Å². The second-order valence-corrected chi connectivity index (χ2v) is 4.01. The molecule has 20 heavy (non-hydrogen) atoms. The highest BCUT2D eigenvalue weighted by molar-refractivity contribution is 5.95. The lowest BCUT2D eigenvalue weighted by Crippen LogP contribution is -2.18. The van der Waals surface area contributed by atoms with Crippen LogP contribution < -0.4 is 5.73 Å². The summed E-state index contributed by atoms with van der Waals surface area (Å²) < 4.78 is 51.7. The lowest BCUT2D eigenvalue weighted by molar-refractivity contribution is -0.137. The molecule has 2 N–H and O–H groups in total. The van der Waals surface area contributed by atoms with Crippen LogP contribution in [0.15, 0.2) is 36.7 Å². The third kappa shape index (κ3) is 2.76. The highest BCUT2D eigenvalue weighted by Gasteiger charge is 2.35. The number of rotatable bonds is 2. The summed E-state index contributed by atoms with van der Waals surface area (Å²) >= 11 is 0. The summed E-state index contributed by atoms with van der Waals surface area (Å²) in [5.74, 6) is -1.85. The predicted molar refractivity (Wildman–Crippen MR) is 63.2 cm³/mol. The zero-order chi connectivity index (χ0) is 14.9. The molecule has 0 bridgehead atoms. The van der Waals surface area contributed by atoms with Crippen LogP contribution in [-0.4, -0.2) is 10.9 Å². The molecule has 0 saturated carbocycles. The van der Waals surface area contributed by atoms with Crippen molar-refractivity contribution in [1.82, 2.24) is 4.98 Å². The first-order valence-electron chi connectivity index (χ1n) is 5.41. The summed E-state index contributed by atoms with van der Waals surface area (Å²) in [5.41, 5.74) is 3.38. The number of halogens is 4. The summed E-state index contributed by atoms with van der Waals surface area (Å²) in [6.07, 6.45) is -2.57. The van der Waals surface area contributed by atoms with Crippen molar-refractivity contribution >= 4 is 5.91 Å². The summed E-state index contributed by atoms with van der Waals surface area (Å²) in [5, 5.41) is 0. The van der Waals surface area contributed by atoms with Crippen LogP contribution in [0.2, 0.25) is 0 Å². The van der Waals surface area contributed by atoms with Crippen LogP contribution in [0.4, 0.5) is 17.6 Å². The van der Waals surface area contributed by atoms with E-state index in [9.17, 15) is 22.4 Å². The maximum atomic E-state index is 13.0. The number of hydrogen-bond acceptors (Lipinski definition) is 2. The number of alkyl halides is 3. The number of nitrogens with zero attached hydrogens (tertiary/aromatic N) is 1. The molecule has 7 heteroatoms. The number of amides is 1. The Morgan fingerprint density at radius 2 is 1.80 bits per heavy atom. The van der Waals surface area contributed by atoms with Crippen LogP contribution >= 0.6 is 0 Å². The maximum absolute atomic E-state index is 13.0. The molecule has 0 spiro atoms. The number of pyridine rings is 1. The fraction of sp³-hybridized carbons (Fsp3) is 0.0769. The molecule has 0 fully saturated rings. The van der Waals surface area contributed by atoms with E-state index in [0.717, 1.165) is 24.4 Å². The van der Waals surface area contributed by atoms with Gasteiger partial charge < -0.3 is 5.73 Å². The first-order valence-corrected chi connectivity index (χ1v) is 5.41. The molecule has 1 aromatic heterocycles. The minimum Gasteiger partial charge on any atom is -0.366 e. The Bertz CT molecular complexity index is 668. The van der Waals surface area contributed by atoms with Crippen LogP contribution in [0.3, 0.4) is 0 Å². The topological polar surface area (TPSA) is 56.0 Å². The molecule has 1 amide bonds. The molecular weight excluding hydrogens is 276 g/mol. The molecule has 0 unspecified atom stereocenters. The zero-order valence-corrected chi connectivity index (χ0v) is 9.91. The fourth-order valence-electron chi connectivity index (χ4n) is 1.74. The zero-order valence-electron chi connectivity index (χ0n) is 9.91. The van der Waals surface area contributed by atoms with E-state index in [1.165, 1.54) is 12.3 Å². The van der Waals surface area contributed by atoms with Crippen molar-refractivity contribution in [3.63, 3.8) is 0 Å². The summed E-state index contributed by atoms with van der Waals surface area (Å²) in [6.45, 7) is 0. The number of nitrogens with two attached hydrogens (primary N) is 1.